The fourth-order valence-corrected chi connectivity index (χ4v) is 7.05. The molecule has 8 aromatic rings. The van der Waals surface area contributed by atoms with E-state index in [1.807, 2.05) is 0 Å². The van der Waals surface area contributed by atoms with E-state index < -0.39 is 0 Å². The fraction of sp³-hybridized carbons (Fsp3) is 0.0182. The van der Waals surface area contributed by atoms with Gasteiger partial charge in [-0.3, -0.25) is 0 Å². The molecule has 262 valence electrons. The first kappa shape index (κ1) is 35.0. The van der Waals surface area contributed by atoms with E-state index in [4.69, 9.17) is 0 Å². The van der Waals surface area contributed by atoms with Gasteiger partial charge in [0.15, 0.2) is 0 Å². The number of rotatable bonds is 10. The normalized spacial score (nSPS) is 11.2. The Bertz CT molecular complexity index is 2540. The van der Waals surface area contributed by atoms with Crippen LogP contribution in [0.4, 0.5) is 0 Å². The molecule has 0 unspecified atom stereocenters. The molecule has 0 heterocycles. The smallest absolute Gasteiger partial charge is 0.0103 e. The summed E-state index contributed by atoms with van der Waals surface area (Å²) in [4.78, 5) is 0. The van der Waals surface area contributed by atoms with Crippen LogP contribution < -0.4 is 0 Å². The molecule has 0 aliphatic carbocycles. The van der Waals surface area contributed by atoms with Crippen molar-refractivity contribution in [1.29, 1.82) is 0 Å². The Morgan fingerprint density at radius 3 is 1.16 bits per heavy atom. The van der Waals surface area contributed by atoms with Gasteiger partial charge in [-0.25, -0.2) is 0 Å². The van der Waals surface area contributed by atoms with Crippen molar-refractivity contribution in [3.8, 4) is 0 Å². The van der Waals surface area contributed by atoms with Crippen LogP contribution in [0.15, 0.2) is 200 Å². The molecule has 0 saturated heterocycles. The van der Waals surface area contributed by atoms with Gasteiger partial charge in [-0.05, 0) is 96.6 Å². The molecule has 0 nitrogen and oxygen atoms in total. The van der Waals surface area contributed by atoms with Crippen LogP contribution in [0.5, 0.6) is 0 Å². The minimum absolute atomic E-state index is 1.16. The number of benzene rings is 8. The number of hydrogen-bond donors (Lipinski definition) is 0. The van der Waals surface area contributed by atoms with Gasteiger partial charge in [-0.2, -0.15) is 0 Å². The molecule has 0 aliphatic rings. The third-order valence-corrected chi connectivity index (χ3v) is 9.98. The van der Waals surface area contributed by atoms with Crippen LogP contribution in [-0.2, 0) is 0 Å². The molecule has 8 rings (SSSR count). The lowest BCUT2D eigenvalue weighted by Gasteiger charge is -2.10. The quantitative estimate of drug-likeness (QED) is 0.124. The van der Waals surface area contributed by atoms with Gasteiger partial charge in [-0.15, -0.1) is 0 Å². The maximum absolute atomic E-state index is 2.30. The van der Waals surface area contributed by atoms with E-state index in [0.29, 0.717) is 0 Å². The fourth-order valence-electron chi connectivity index (χ4n) is 7.05. The topological polar surface area (TPSA) is 0 Å². The SMILES string of the molecule is Cc1ccc2ccc(C=Cc3ccc(C=C(c4ccccc4)c4ccccc4)cc3)c(C=Cc3ccc(C=C(c4ccccc4)c4ccccc4)cc3)c2c1. The van der Waals surface area contributed by atoms with Gasteiger partial charge >= 0.3 is 0 Å². The van der Waals surface area contributed by atoms with Gasteiger partial charge in [0.1, 0.15) is 0 Å². The minimum atomic E-state index is 1.16. The number of hydrogen-bond acceptors (Lipinski definition) is 0. The lowest BCUT2D eigenvalue weighted by atomic mass is 9.94. The maximum Gasteiger partial charge on any atom is -0.0103 e. The average molecular weight is 703 g/mol. The van der Waals surface area contributed by atoms with Crippen LogP contribution in [0.1, 0.15) is 61.2 Å². The number of aryl methyl sites for hydroxylation is 1. The van der Waals surface area contributed by atoms with Crippen LogP contribution in [-0.4, -0.2) is 0 Å². The molecule has 0 spiro atoms. The second kappa shape index (κ2) is 16.8. The van der Waals surface area contributed by atoms with Crippen LogP contribution in [0.2, 0.25) is 0 Å². The summed E-state index contributed by atoms with van der Waals surface area (Å²) in [6, 6.07) is 71.3. The monoisotopic (exact) mass is 702 g/mol. The van der Waals surface area contributed by atoms with E-state index >= 15 is 0 Å². The van der Waals surface area contributed by atoms with E-state index in [2.05, 4.69) is 244 Å². The van der Waals surface area contributed by atoms with Crippen molar-refractivity contribution in [2.75, 3.05) is 0 Å². The Morgan fingerprint density at radius 1 is 0.345 bits per heavy atom. The van der Waals surface area contributed by atoms with Gasteiger partial charge in [-0.1, -0.05) is 230 Å². The van der Waals surface area contributed by atoms with Crippen molar-refractivity contribution in [3.63, 3.8) is 0 Å². The summed E-state index contributed by atoms with van der Waals surface area (Å²) in [5.41, 5.74) is 15.6. The zero-order valence-corrected chi connectivity index (χ0v) is 31.0. The van der Waals surface area contributed by atoms with Crippen molar-refractivity contribution in [2.24, 2.45) is 0 Å². The minimum Gasteiger partial charge on any atom is -0.0622 e. The average Bonchev–Trinajstić information content (AvgIpc) is 3.25. The van der Waals surface area contributed by atoms with Crippen LogP contribution >= 0.6 is 0 Å². The van der Waals surface area contributed by atoms with Crippen molar-refractivity contribution in [2.45, 2.75) is 6.92 Å². The van der Waals surface area contributed by atoms with Crippen molar-refractivity contribution >= 4 is 58.4 Å². The highest BCUT2D eigenvalue weighted by Gasteiger charge is 2.08. The first-order valence-electron chi connectivity index (χ1n) is 18.9. The van der Waals surface area contributed by atoms with Crippen molar-refractivity contribution in [1.82, 2.24) is 0 Å². The van der Waals surface area contributed by atoms with Gasteiger partial charge in [0.05, 0.1) is 0 Å². The molecule has 0 saturated carbocycles. The molecular formula is C55H42. The van der Waals surface area contributed by atoms with Gasteiger partial charge in [0.25, 0.3) is 0 Å². The molecule has 0 N–H and O–H groups in total. The van der Waals surface area contributed by atoms with E-state index in [0.717, 1.165) is 11.1 Å². The Kier molecular flexibility index (Phi) is 10.7. The Labute approximate surface area is 325 Å². The summed E-state index contributed by atoms with van der Waals surface area (Å²) in [5, 5.41) is 2.49. The lowest BCUT2D eigenvalue weighted by molar-refractivity contribution is 1.50. The van der Waals surface area contributed by atoms with Crippen molar-refractivity contribution in [3.05, 3.63) is 261 Å². The molecule has 0 bridgehead atoms. The Balaban J connectivity index is 1.07. The summed E-state index contributed by atoms with van der Waals surface area (Å²) in [5.74, 6) is 0. The Morgan fingerprint density at radius 2 is 0.727 bits per heavy atom. The summed E-state index contributed by atoms with van der Waals surface area (Å²) >= 11 is 0. The molecule has 55 heavy (non-hydrogen) atoms. The predicted octanol–water partition coefficient (Wildman–Crippen LogP) is 14.7. The number of fused-ring (bicyclic) bond motifs is 1. The zero-order valence-electron chi connectivity index (χ0n) is 31.0. The van der Waals surface area contributed by atoms with E-state index in [-0.39, 0.29) is 0 Å². The predicted molar refractivity (Wildman–Crippen MR) is 239 cm³/mol. The highest BCUT2D eigenvalue weighted by Crippen LogP contribution is 2.30. The largest absolute Gasteiger partial charge is 0.0622 e. The summed E-state index contributed by atoms with van der Waals surface area (Å²) in [7, 11) is 0. The summed E-state index contributed by atoms with van der Waals surface area (Å²) in [6.07, 6.45) is 13.5. The van der Waals surface area contributed by atoms with Crippen LogP contribution in [0.3, 0.4) is 0 Å². The molecule has 0 atom stereocenters. The van der Waals surface area contributed by atoms with Crippen LogP contribution in [0.25, 0.3) is 58.4 Å². The molecule has 0 heteroatoms. The van der Waals surface area contributed by atoms with Gasteiger partial charge < -0.3 is 0 Å². The van der Waals surface area contributed by atoms with Crippen LogP contribution in [0, 0.1) is 6.92 Å². The summed E-state index contributed by atoms with van der Waals surface area (Å²) in [6.45, 7) is 2.16. The molecule has 0 amide bonds. The third-order valence-electron chi connectivity index (χ3n) is 9.98. The van der Waals surface area contributed by atoms with E-state index in [1.54, 1.807) is 0 Å². The molecule has 0 aliphatic heterocycles. The maximum atomic E-state index is 2.30. The highest BCUT2D eigenvalue weighted by atomic mass is 14.1. The van der Waals surface area contributed by atoms with E-state index in [1.165, 1.54) is 72.0 Å². The first-order valence-corrected chi connectivity index (χ1v) is 18.9. The Hall–Kier alpha value is -7.02. The van der Waals surface area contributed by atoms with Gasteiger partial charge in [0.2, 0.25) is 0 Å². The lowest BCUT2D eigenvalue weighted by Crippen LogP contribution is -1.88. The second-order valence-corrected chi connectivity index (χ2v) is 13.9. The molecular weight excluding hydrogens is 661 g/mol. The third kappa shape index (κ3) is 8.62. The highest BCUT2D eigenvalue weighted by molar-refractivity contribution is 5.98. The molecule has 0 radical (unpaired) electrons. The standard InChI is InChI=1S/C55H42/c1-41-22-33-51-36-35-50(34-31-42-23-27-44(28-24-42)39-53(46-14-6-2-7-15-46)47-16-8-3-9-17-47)52(55(51)38-41)37-32-43-25-29-45(30-26-43)40-54(48-18-10-4-11-19-48)49-20-12-5-13-21-49/h2-40H,1H3. The first-order chi connectivity index (χ1) is 27.2. The zero-order chi connectivity index (χ0) is 37.2. The summed E-state index contributed by atoms with van der Waals surface area (Å²) < 4.78 is 0. The molecule has 8 aromatic carbocycles. The van der Waals surface area contributed by atoms with Crippen molar-refractivity contribution < 1.29 is 0 Å². The van der Waals surface area contributed by atoms with E-state index in [9.17, 15) is 0 Å². The molecule has 0 aromatic heterocycles. The second-order valence-electron chi connectivity index (χ2n) is 13.9. The van der Waals surface area contributed by atoms with Gasteiger partial charge in [0, 0.05) is 0 Å². The molecule has 0 fully saturated rings.